The topological polar surface area (TPSA) is 51.5 Å². The summed E-state index contributed by atoms with van der Waals surface area (Å²) in [5.41, 5.74) is 4.84. The van der Waals surface area contributed by atoms with E-state index in [0.29, 0.717) is 6.54 Å². The Morgan fingerprint density at radius 3 is 2.65 bits per heavy atom. The number of nitrogens with one attached hydrogen (secondary N) is 1. The molecule has 0 aliphatic heterocycles. The number of anilines is 1. The van der Waals surface area contributed by atoms with E-state index < -0.39 is 0 Å². The van der Waals surface area contributed by atoms with Crippen molar-refractivity contribution in [1.82, 2.24) is 14.6 Å². The van der Waals surface area contributed by atoms with E-state index in [4.69, 9.17) is 4.74 Å². The molecular weight excluding hydrogens is 288 g/mol. The molecule has 1 aromatic carbocycles. The summed E-state index contributed by atoms with van der Waals surface area (Å²) in [7, 11) is 1.66. The van der Waals surface area contributed by atoms with Gasteiger partial charge in [-0.25, -0.2) is 4.98 Å². The van der Waals surface area contributed by atoms with Crippen molar-refractivity contribution in [1.29, 1.82) is 0 Å². The van der Waals surface area contributed by atoms with Crippen molar-refractivity contribution in [2.45, 2.75) is 13.8 Å². The van der Waals surface area contributed by atoms with Crippen LogP contribution >= 0.6 is 0 Å². The summed E-state index contributed by atoms with van der Waals surface area (Å²) in [6, 6.07) is 9.95. The molecule has 0 radical (unpaired) electrons. The summed E-state index contributed by atoms with van der Waals surface area (Å²) >= 11 is 0. The molecule has 3 rings (SSSR count). The third-order valence-corrected chi connectivity index (χ3v) is 3.70. The van der Waals surface area contributed by atoms with Crippen LogP contribution in [-0.4, -0.2) is 28.3 Å². The van der Waals surface area contributed by atoms with Crippen molar-refractivity contribution in [3.8, 4) is 16.9 Å². The van der Waals surface area contributed by atoms with Crippen LogP contribution in [0.15, 0.2) is 43.0 Å². The lowest BCUT2D eigenvalue weighted by Crippen LogP contribution is -2.06. The Kier molecular flexibility index (Phi) is 4.02. The predicted molar refractivity (Wildman–Crippen MR) is 93.1 cm³/mol. The lowest BCUT2D eigenvalue weighted by Gasteiger charge is -2.08. The molecule has 3 aromatic rings. The van der Waals surface area contributed by atoms with Gasteiger partial charge in [0.2, 0.25) is 0 Å². The van der Waals surface area contributed by atoms with Crippen molar-refractivity contribution in [3.63, 3.8) is 0 Å². The van der Waals surface area contributed by atoms with Gasteiger partial charge >= 0.3 is 0 Å². The van der Waals surface area contributed by atoms with E-state index in [2.05, 4.69) is 22.0 Å². The van der Waals surface area contributed by atoms with Crippen LogP contribution in [0.2, 0.25) is 0 Å². The number of aromatic nitrogens is 3. The van der Waals surface area contributed by atoms with Crippen LogP contribution in [0, 0.1) is 13.8 Å². The Hall–Kier alpha value is -2.82. The van der Waals surface area contributed by atoms with Crippen LogP contribution in [-0.2, 0) is 0 Å². The Labute approximate surface area is 135 Å². The molecule has 118 valence electrons. The maximum absolute atomic E-state index is 5.23. The van der Waals surface area contributed by atoms with Gasteiger partial charge in [0.25, 0.3) is 0 Å². The minimum absolute atomic E-state index is 0.676. The number of hydrogen-bond acceptors (Lipinski definition) is 4. The first-order valence-electron chi connectivity index (χ1n) is 7.50. The molecule has 0 spiro atoms. The van der Waals surface area contributed by atoms with Crippen molar-refractivity contribution < 1.29 is 4.74 Å². The van der Waals surface area contributed by atoms with Crippen LogP contribution in [0.4, 0.5) is 5.82 Å². The second-order valence-electron chi connectivity index (χ2n) is 5.38. The van der Waals surface area contributed by atoms with Crippen LogP contribution in [0.3, 0.4) is 0 Å². The lowest BCUT2D eigenvalue weighted by atomic mass is 10.1. The van der Waals surface area contributed by atoms with E-state index in [0.717, 1.165) is 39.7 Å². The monoisotopic (exact) mass is 308 g/mol. The third kappa shape index (κ3) is 2.77. The fraction of sp³-hybridized carbons (Fsp3) is 0.222. The number of fused-ring (bicyclic) bond motifs is 1. The molecule has 0 bridgehead atoms. The summed E-state index contributed by atoms with van der Waals surface area (Å²) in [5, 5.41) is 7.96. The number of benzene rings is 1. The number of nitrogens with zero attached hydrogens (tertiary/aromatic N) is 3. The Morgan fingerprint density at radius 2 is 2.00 bits per heavy atom. The number of aryl methyl sites for hydroxylation is 2. The van der Waals surface area contributed by atoms with Crippen LogP contribution in [0.1, 0.15) is 11.4 Å². The molecule has 0 saturated heterocycles. The average Bonchev–Trinajstić information content (AvgIpc) is 2.88. The summed E-state index contributed by atoms with van der Waals surface area (Å²) in [4.78, 5) is 4.69. The second kappa shape index (κ2) is 6.12. The SMILES string of the molecule is C=CCNc1cc(C)nc2c(-c3ccc(OC)cc3)c(C)nn12. The molecule has 2 heterocycles. The first-order valence-corrected chi connectivity index (χ1v) is 7.50. The molecule has 23 heavy (non-hydrogen) atoms. The highest BCUT2D eigenvalue weighted by molar-refractivity contribution is 5.81. The minimum Gasteiger partial charge on any atom is -0.497 e. The first-order chi connectivity index (χ1) is 11.1. The van der Waals surface area contributed by atoms with Gasteiger partial charge in [0.1, 0.15) is 11.6 Å². The highest BCUT2D eigenvalue weighted by Crippen LogP contribution is 2.30. The normalized spacial score (nSPS) is 10.7. The van der Waals surface area contributed by atoms with Gasteiger partial charge in [0.15, 0.2) is 5.65 Å². The molecule has 0 atom stereocenters. The van der Waals surface area contributed by atoms with Crippen molar-refractivity contribution in [2.24, 2.45) is 0 Å². The van der Waals surface area contributed by atoms with E-state index in [1.165, 1.54) is 0 Å². The van der Waals surface area contributed by atoms with Gasteiger partial charge in [0.05, 0.1) is 12.8 Å². The van der Waals surface area contributed by atoms with E-state index in [1.54, 1.807) is 7.11 Å². The zero-order valence-corrected chi connectivity index (χ0v) is 13.6. The molecule has 5 nitrogen and oxygen atoms in total. The molecule has 0 amide bonds. The fourth-order valence-corrected chi connectivity index (χ4v) is 2.64. The van der Waals surface area contributed by atoms with Gasteiger partial charge in [-0.05, 0) is 31.5 Å². The molecule has 2 aromatic heterocycles. The zero-order valence-electron chi connectivity index (χ0n) is 13.6. The molecular formula is C18H20N4O. The largest absolute Gasteiger partial charge is 0.497 e. The number of hydrogen-bond donors (Lipinski definition) is 1. The van der Waals surface area contributed by atoms with Gasteiger partial charge in [-0.1, -0.05) is 18.2 Å². The number of methoxy groups -OCH3 is 1. The maximum Gasteiger partial charge on any atom is 0.165 e. The van der Waals surface area contributed by atoms with Gasteiger partial charge in [-0.15, -0.1) is 6.58 Å². The van der Waals surface area contributed by atoms with Crippen LogP contribution < -0.4 is 10.1 Å². The predicted octanol–water partition coefficient (Wildman–Crippen LogP) is 3.62. The molecule has 0 saturated carbocycles. The summed E-state index contributed by atoms with van der Waals surface area (Å²) < 4.78 is 7.08. The number of rotatable bonds is 5. The molecule has 5 heteroatoms. The standard InChI is InChI=1S/C18H20N4O/c1-5-10-19-16-11-12(2)20-18-17(13(3)21-22(16)18)14-6-8-15(23-4)9-7-14/h5-9,11,19H,1,10H2,2-4H3. The highest BCUT2D eigenvalue weighted by Gasteiger charge is 2.15. The summed E-state index contributed by atoms with van der Waals surface area (Å²) in [5.74, 6) is 1.75. The summed E-state index contributed by atoms with van der Waals surface area (Å²) in [6.07, 6.45) is 1.82. The molecule has 0 aliphatic rings. The van der Waals surface area contributed by atoms with Crippen LogP contribution in [0.25, 0.3) is 16.8 Å². The molecule has 0 aliphatic carbocycles. The molecule has 1 N–H and O–H groups in total. The Morgan fingerprint density at radius 1 is 1.26 bits per heavy atom. The minimum atomic E-state index is 0.676. The van der Waals surface area contributed by atoms with E-state index in [9.17, 15) is 0 Å². The van der Waals surface area contributed by atoms with E-state index in [-0.39, 0.29) is 0 Å². The molecule has 0 unspecified atom stereocenters. The Bertz CT molecular complexity index is 850. The summed E-state index contributed by atoms with van der Waals surface area (Å²) in [6.45, 7) is 8.41. The smallest absolute Gasteiger partial charge is 0.165 e. The number of ether oxygens (including phenoxy) is 1. The van der Waals surface area contributed by atoms with E-state index >= 15 is 0 Å². The van der Waals surface area contributed by atoms with Gasteiger partial charge in [-0.3, -0.25) is 0 Å². The highest BCUT2D eigenvalue weighted by atomic mass is 16.5. The van der Waals surface area contributed by atoms with Gasteiger partial charge in [-0.2, -0.15) is 9.61 Å². The third-order valence-electron chi connectivity index (χ3n) is 3.70. The average molecular weight is 308 g/mol. The van der Waals surface area contributed by atoms with Gasteiger partial charge in [0, 0.05) is 23.9 Å². The van der Waals surface area contributed by atoms with Crippen molar-refractivity contribution in [3.05, 3.63) is 54.4 Å². The first kappa shape index (κ1) is 15.1. The van der Waals surface area contributed by atoms with Crippen molar-refractivity contribution >= 4 is 11.5 Å². The zero-order chi connectivity index (χ0) is 16.4. The van der Waals surface area contributed by atoms with Crippen molar-refractivity contribution in [2.75, 3.05) is 19.0 Å². The second-order valence-corrected chi connectivity index (χ2v) is 5.38. The quantitative estimate of drug-likeness (QED) is 0.731. The maximum atomic E-state index is 5.23. The molecule has 0 fully saturated rings. The lowest BCUT2D eigenvalue weighted by molar-refractivity contribution is 0.415. The van der Waals surface area contributed by atoms with Crippen LogP contribution in [0.5, 0.6) is 5.75 Å². The van der Waals surface area contributed by atoms with E-state index in [1.807, 2.05) is 54.8 Å². The van der Waals surface area contributed by atoms with Gasteiger partial charge < -0.3 is 10.1 Å². The fourth-order valence-electron chi connectivity index (χ4n) is 2.64. The Balaban J connectivity index is 2.18.